The summed E-state index contributed by atoms with van der Waals surface area (Å²) in [5.41, 5.74) is -4.68. The molecule has 0 amide bonds. The SMILES string of the molecule is CC[C@H]1OC(=O)[C@H](C)[C@@H](O[C@H]2C[C@@](C)(OC)[C@]3(CO3)[C@H](C)O2)[C@H](C)[C@@H](O[C@@H]2O[C@H](C)C[C@H](NC)[C@H]2O)[C@](C)(O)C[C@@H](C)CN[C@H](C)[C@@H](O)[C@]1(C)O. The Labute approximate surface area is 304 Å². The fourth-order valence-corrected chi connectivity index (χ4v) is 8.83. The Morgan fingerprint density at radius 2 is 1.65 bits per heavy atom. The maximum Gasteiger partial charge on any atom is 0.311 e. The highest BCUT2D eigenvalue weighted by atomic mass is 16.7. The standard InChI is InChI=1S/C37H68N2O12/c1-13-26-36(10,44)30(41)23(6)39-17-19(2)15-34(8,43)31(51-33-28(40)25(38-11)14-20(3)47-33)21(4)29(22(5)32(42)49-26)50-27-16-35(9,45-12)37(18-46-37)24(7)48-27/h19-31,33,38-41,43-44H,13-18H2,1-12H3/t19-,20-,21+,22-,23-,24+,25+,26-,27+,28-,29+,30-,31-,33+,34-,35-,36-,37+/m1/s1. The highest BCUT2D eigenvalue weighted by molar-refractivity contribution is 5.73. The van der Waals surface area contributed by atoms with Crippen LogP contribution in [0.5, 0.6) is 0 Å². The number of cyclic esters (lactones) is 1. The third kappa shape index (κ3) is 8.78. The number of esters is 1. The summed E-state index contributed by atoms with van der Waals surface area (Å²) in [6.07, 6.45) is -6.56. The van der Waals surface area contributed by atoms with E-state index in [0.29, 0.717) is 26.0 Å². The fraction of sp³-hybridized carbons (Fsp3) is 0.973. The van der Waals surface area contributed by atoms with E-state index in [1.807, 2.05) is 34.6 Å². The van der Waals surface area contributed by atoms with Crippen LogP contribution in [0.1, 0.15) is 94.9 Å². The van der Waals surface area contributed by atoms with Gasteiger partial charge in [-0.2, -0.15) is 0 Å². The third-order valence-corrected chi connectivity index (χ3v) is 12.4. The first-order chi connectivity index (χ1) is 23.7. The number of aliphatic hydroxyl groups excluding tert-OH is 2. The van der Waals surface area contributed by atoms with Crippen LogP contribution in [0.4, 0.5) is 0 Å². The number of nitrogens with one attached hydrogen (secondary N) is 2. The van der Waals surface area contributed by atoms with E-state index < -0.39 is 95.5 Å². The van der Waals surface area contributed by atoms with Crippen molar-refractivity contribution in [1.82, 2.24) is 10.6 Å². The smallest absolute Gasteiger partial charge is 0.311 e. The Morgan fingerprint density at radius 3 is 2.22 bits per heavy atom. The predicted molar refractivity (Wildman–Crippen MR) is 188 cm³/mol. The molecule has 0 aromatic heterocycles. The summed E-state index contributed by atoms with van der Waals surface area (Å²) in [5, 5.41) is 53.1. The topological polar surface area (TPSA) is 190 Å². The number of methoxy groups -OCH3 is 1. The molecular weight excluding hydrogens is 664 g/mol. The maximum atomic E-state index is 14.2. The van der Waals surface area contributed by atoms with Crippen LogP contribution in [0.2, 0.25) is 0 Å². The molecule has 14 nitrogen and oxygen atoms in total. The number of epoxide rings is 1. The average molecular weight is 733 g/mol. The van der Waals surface area contributed by atoms with Gasteiger partial charge in [0.1, 0.15) is 35.1 Å². The molecule has 4 fully saturated rings. The monoisotopic (exact) mass is 732 g/mol. The Bertz CT molecular complexity index is 1150. The summed E-state index contributed by atoms with van der Waals surface area (Å²) in [5.74, 6) is -2.48. The van der Waals surface area contributed by atoms with Gasteiger partial charge < -0.3 is 64.2 Å². The molecule has 1 spiro atoms. The molecule has 6 N–H and O–H groups in total. The van der Waals surface area contributed by atoms with Gasteiger partial charge in [0.05, 0.1) is 42.5 Å². The van der Waals surface area contributed by atoms with Crippen molar-refractivity contribution >= 4 is 5.97 Å². The second-order valence-electron chi connectivity index (χ2n) is 16.6. The third-order valence-electron chi connectivity index (χ3n) is 12.4. The van der Waals surface area contributed by atoms with E-state index >= 15 is 0 Å². The molecule has 14 heteroatoms. The van der Waals surface area contributed by atoms with Crippen LogP contribution >= 0.6 is 0 Å². The summed E-state index contributed by atoms with van der Waals surface area (Å²) in [6, 6.07) is -0.882. The largest absolute Gasteiger partial charge is 0.459 e. The van der Waals surface area contributed by atoms with Crippen LogP contribution < -0.4 is 10.6 Å². The molecule has 4 heterocycles. The average Bonchev–Trinajstić information content (AvgIpc) is 3.88. The van der Waals surface area contributed by atoms with Crippen LogP contribution in [-0.2, 0) is 38.0 Å². The van der Waals surface area contributed by atoms with E-state index in [9.17, 15) is 25.2 Å². The molecule has 0 bridgehead atoms. The first-order valence-corrected chi connectivity index (χ1v) is 18.9. The van der Waals surface area contributed by atoms with Gasteiger partial charge in [-0.15, -0.1) is 0 Å². The van der Waals surface area contributed by atoms with E-state index in [1.54, 1.807) is 41.9 Å². The maximum absolute atomic E-state index is 14.2. The van der Waals surface area contributed by atoms with Crippen LogP contribution in [0, 0.1) is 17.8 Å². The number of ether oxygens (including phenoxy) is 7. The van der Waals surface area contributed by atoms with Gasteiger partial charge in [0.15, 0.2) is 12.6 Å². The van der Waals surface area contributed by atoms with Crippen LogP contribution in [-0.4, -0.2) is 144 Å². The minimum atomic E-state index is -1.78. The minimum Gasteiger partial charge on any atom is -0.459 e. The van der Waals surface area contributed by atoms with Gasteiger partial charge in [-0.3, -0.25) is 4.79 Å². The van der Waals surface area contributed by atoms with E-state index in [0.717, 1.165) is 0 Å². The molecule has 4 rings (SSSR count). The Balaban J connectivity index is 1.78. The molecule has 4 saturated heterocycles. The molecule has 0 aromatic carbocycles. The van der Waals surface area contributed by atoms with E-state index in [4.69, 9.17) is 33.2 Å². The second kappa shape index (κ2) is 16.4. The molecular formula is C37H68N2O12. The lowest BCUT2D eigenvalue weighted by atomic mass is 9.77. The quantitative estimate of drug-likeness (QED) is 0.164. The Kier molecular flexibility index (Phi) is 13.7. The van der Waals surface area contributed by atoms with Gasteiger partial charge in [0.2, 0.25) is 0 Å². The van der Waals surface area contributed by atoms with Crippen molar-refractivity contribution in [3.8, 4) is 0 Å². The fourth-order valence-electron chi connectivity index (χ4n) is 8.83. The van der Waals surface area contributed by atoms with Gasteiger partial charge in [0.25, 0.3) is 0 Å². The number of aliphatic hydroxyl groups is 4. The van der Waals surface area contributed by atoms with Gasteiger partial charge in [0, 0.05) is 31.5 Å². The van der Waals surface area contributed by atoms with Crippen molar-refractivity contribution in [2.24, 2.45) is 17.8 Å². The minimum absolute atomic E-state index is 0.138. The van der Waals surface area contributed by atoms with Crippen molar-refractivity contribution in [3.63, 3.8) is 0 Å². The molecule has 0 radical (unpaired) electrons. The van der Waals surface area contributed by atoms with Gasteiger partial charge in [-0.1, -0.05) is 20.8 Å². The molecule has 0 saturated carbocycles. The number of likely N-dealkylation sites (N-methyl/N-ethyl adjacent to an activating group) is 1. The molecule has 4 aliphatic rings. The zero-order chi connectivity index (χ0) is 38.3. The van der Waals surface area contributed by atoms with Crippen molar-refractivity contribution in [1.29, 1.82) is 0 Å². The second-order valence-corrected chi connectivity index (χ2v) is 16.6. The van der Waals surface area contributed by atoms with Gasteiger partial charge in [-0.25, -0.2) is 0 Å². The Hall–Kier alpha value is -1.01. The molecule has 4 aliphatic heterocycles. The molecule has 18 atom stereocenters. The lowest BCUT2D eigenvalue weighted by Crippen LogP contribution is -2.61. The lowest BCUT2D eigenvalue weighted by molar-refractivity contribution is -0.312. The molecule has 0 aromatic rings. The van der Waals surface area contributed by atoms with Gasteiger partial charge >= 0.3 is 5.97 Å². The van der Waals surface area contributed by atoms with E-state index in [2.05, 4.69) is 10.6 Å². The lowest BCUT2D eigenvalue weighted by Gasteiger charge is -2.49. The first-order valence-electron chi connectivity index (χ1n) is 18.9. The van der Waals surface area contributed by atoms with Crippen molar-refractivity contribution in [2.75, 3.05) is 27.3 Å². The van der Waals surface area contributed by atoms with Crippen LogP contribution in [0.3, 0.4) is 0 Å². The summed E-state index contributed by atoms with van der Waals surface area (Å²) in [4.78, 5) is 14.2. The van der Waals surface area contributed by atoms with Crippen LogP contribution in [0.15, 0.2) is 0 Å². The predicted octanol–water partition coefficient (Wildman–Crippen LogP) is 1.62. The zero-order valence-corrected chi connectivity index (χ0v) is 32.9. The highest BCUT2D eigenvalue weighted by Crippen LogP contribution is 2.51. The summed E-state index contributed by atoms with van der Waals surface area (Å²) < 4.78 is 43.9. The van der Waals surface area contributed by atoms with Crippen molar-refractivity contribution in [2.45, 2.75) is 185 Å². The molecule has 298 valence electrons. The van der Waals surface area contributed by atoms with E-state index in [1.165, 1.54) is 6.92 Å². The van der Waals surface area contributed by atoms with Crippen LogP contribution in [0.25, 0.3) is 0 Å². The molecule has 0 aliphatic carbocycles. The first kappa shape index (κ1) is 42.7. The zero-order valence-electron chi connectivity index (χ0n) is 32.9. The van der Waals surface area contributed by atoms with Crippen molar-refractivity contribution < 1.29 is 58.4 Å². The normalized spacial score (nSPS) is 52.1. The number of rotatable bonds is 7. The Morgan fingerprint density at radius 1 is 1.00 bits per heavy atom. The number of carbonyl (C=O) groups excluding carboxylic acids is 1. The van der Waals surface area contributed by atoms with Gasteiger partial charge in [-0.05, 0) is 87.2 Å². The number of carbonyl (C=O) groups is 1. The molecule has 51 heavy (non-hydrogen) atoms. The molecule has 0 unspecified atom stereocenters. The van der Waals surface area contributed by atoms with E-state index in [-0.39, 0.29) is 30.9 Å². The summed E-state index contributed by atoms with van der Waals surface area (Å²) in [6.45, 7) is 18.8. The van der Waals surface area contributed by atoms with Crippen molar-refractivity contribution in [3.05, 3.63) is 0 Å². The summed E-state index contributed by atoms with van der Waals surface area (Å²) >= 11 is 0. The highest BCUT2D eigenvalue weighted by Gasteiger charge is 2.67. The number of hydrogen-bond donors (Lipinski definition) is 6. The summed E-state index contributed by atoms with van der Waals surface area (Å²) in [7, 11) is 3.40. The number of hydrogen-bond acceptors (Lipinski definition) is 14.